The number of fused-ring (bicyclic) bond motifs is 1. The second kappa shape index (κ2) is 8.91. The first-order chi connectivity index (χ1) is 14.9. The van der Waals surface area contributed by atoms with Gasteiger partial charge in [0.1, 0.15) is 6.04 Å². The van der Waals surface area contributed by atoms with Crippen LogP contribution in [0.3, 0.4) is 0 Å². The lowest BCUT2D eigenvalue weighted by molar-refractivity contribution is -0.122. The number of anilines is 3. The first-order valence-corrected chi connectivity index (χ1v) is 10.6. The van der Waals surface area contributed by atoms with Gasteiger partial charge in [-0.25, -0.2) is 0 Å². The Bertz CT molecular complexity index is 1150. The number of hydrogen-bond donors (Lipinski definition) is 2. The zero-order valence-corrected chi connectivity index (χ0v) is 18.5. The number of nitrogens with one attached hydrogen (secondary N) is 2. The highest BCUT2D eigenvalue weighted by Crippen LogP contribution is 2.34. The van der Waals surface area contributed by atoms with Crippen LogP contribution in [-0.4, -0.2) is 23.8 Å². The lowest BCUT2D eigenvalue weighted by atomic mass is 10.0. The van der Waals surface area contributed by atoms with Crippen LogP contribution in [0.4, 0.5) is 17.1 Å². The average molecular weight is 499 g/mol. The second-order valence-corrected chi connectivity index (χ2v) is 8.32. The van der Waals surface area contributed by atoms with Crippen LogP contribution < -0.4 is 15.5 Å². The highest BCUT2D eigenvalue weighted by atomic mass is 79.9. The highest BCUT2D eigenvalue weighted by molar-refractivity contribution is 9.10. The van der Waals surface area contributed by atoms with Crippen LogP contribution in [0.15, 0.2) is 77.3 Å². The van der Waals surface area contributed by atoms with Crippen molar-refractivity contribution in [2.24, 2.45) is 0 Å². The van der Waals surface area contributed by atoms with Gasteiger partial charge in [-0.3, -0.25) is 19.3 Å². The van der Waals surface area contributed by atoms with Crippen molar-refractivity contribution in [1.82, 2.24) is 0 Å². The number of nitrogens with zero attached hydrogens (tertiary/aromatic N) is 1. The minimum atomic E-state index is -1.01. The molecule has 0 spiro atoms. The van der Waals surface area contributed by atoms with Gasteiger partial charge in [0.05, 0.1) is 17.8 Å². The molecule has 4 rings (SSSR count). The molecule has 1 atom stereocenters. The number of amides is 3. The molecule has 0 aliphatic carbocycles. The van der Waals surface area contributed by atoms with Gasteiger partial charge in [0, 0.05) is 20.7 Å². The predicted molar refractivity (Wildman–Crippen MR) is 125 cm³/mol. The number of benzene rings is 3. The summed E-state index contributed by atoms with van der Waals surface area (Å²) in [4.78, 5) is 40.3. The van der Waals surface area contributed by atoms with E-state index in [1.54, 1.807) is 72.8 Å². The molecule has 3 aromatic rings. The van der Waals surface area contributed by atoms with Crippen LogP contribution >= 0.6 is 27.5 Å². The number of halogens is 2. The molecule has 2 N–H and O–H groups in total. The van der Waals surface area contributed by atoms with Crippen LogP contribution in [0.5, 0.6) is 0 Å². The van der Waals surface area contributed by atoms with E-state index in [2.05, 4.69) is 26.6 Å². The molecule has 3 aromatic carbocycles. The van der Waals surface area contributed by atoms with Gasteiger partial charge in [-0.05, 0) is 60.7 Å². The second-order valence-electron chi connectivity index (χ2n) is 6.96. The van der Waals surface area contributed by atoms with Crippen LogP contribution in [0.2, 0.25) is 5.02 Å². The van der Waals surface area contributed by atoms with Gasteiger partial charge in [-0.1, -0.05) is 39.7 Å². The lowest BCUT2D eigenvalue weighted by Crippen LogP contribution is -2.52. The third-order valence-corrected chi connectivity index (χ3v) is 5.63. The van der Waals surface area contributed by atoms with E-state index < -0.39 is 11.9 Å². The number of carbonyl (C=O) groups excluding carboxylic acids is 3. The van der Waals surface area contributed by atoms with Crippen molar-refractivity contribution >= 4 is 62.3 Å². The third kappa shape index (κ3) is 4.62. The summed E-state index contributed by atoms with van der Waals surface area (Å²) < 4.78 is 0.883. The Morgan fingerprint density at radius 1 is 1.00 bits per heavy atom. The van der Waals surface area contributed by atoms with Crippen molar-refractivity contribution in [3.8, 4) is 0 Å². The van der Waals surface area contributed by atoms with E-state index in [9.17, 15) is 14.4 Å². The number of hydrogen-bond acceptors (Lipinski definition) is 3. The van der Waals surface area contributed by atoms with E-state index in [4.69, 9.17) is 11.6 Å². The number of carbonyl (C=O) groups is 3. The fourth-order valence-electron chi connectivity index (χ4n) is 3.38. The molecule has 0 saturated heterocycles. The van der Waals surface area contributed by atoms with Gasteiger partial charge in [0.25, 0.3) is 5.91 Å². The van der Waals surface area contributed by atoms with Crippen molar-refractivity contribution in [3.63, 3.8) is 0 Å². The molecule has 1 aliphatic rings. The SMILES string of the molecule is O=C(C[C@H]1C(=O)Nc2ccccc2N1C(=O)c1ccc(Cl)cc1)Nc1ccc(Br)cc1. The summed E-state index contributed by atoms with van der Waals surface area (Å²) in [5.41, 5.74) is 2.01. The molecule has 0 aromatic heterocycles. The van der Waals surface area contributed by atoms with E-state index in [1.807, 2.05) is 0 Å². The van der Waals surface area contributed by atoms with Gasteiger partial charge >= 0.3 is 0 Å². The van der Waals surface area contributed by atoms with Crippen molar-refractivity contribution in [1.29, 1.82) is 0 Å². The molecule has 0 radical (unpaired) electrons. The fraction of sp³-hybridized carbons (Fsp3) is 0.0870. The van der Waals surface area contributed by atoms with Crippen LogP contribution in [0.25, 0.3) is 0 Å². The molecule has 1 aliphatic heterocycles. The summed E-state index contributed by atoms with van der Waals surface area (Å²) in [6, 6.07) is 19.5. The Morgan fingerprint density at radius 3 is 2.39 bits per heavy atom. The largest absolute Gasteiger partial charge is 0.326 e. The summed E-state index contributed by atoms with van der Waals surface area (Å²) >= 11 is 9.29. The normalized spacial score (nSPS) is 15.1. The molecule has 3 amide bonds. The quantitative estimate of drug-likeness (QED) is 0.525. The van der Waals surface area contributed by atoms with E-state index in [0.29, 0.717) is 27.6 Å². The van der Waals surface area contributed by atoms with E-state index in [0.717, 1.165) is 4.47 Å². The van der Waals surface area contributed by atoms with Crippen molar-refractivity contribution in [2.45, 2.75) is 12.5 Å². The maximum Gasteiger partial charge on any atom is 0.259 e. The Balaban J connectivity index is 1.64. The monoisotopic (exact) mass is 497 g/mol. The van der Waals surface area contributed by atoms with Crippen LogP contribution in [-0.2, 0) is 9.59 Å². The smallest absolute Gasteiger partial charge is 0.259 e. The molecular formula is C23H17BrClN3O3. The fourth-order valence-corrected chi connectivity index (χ4v) is 3.77. The molecule has 0 saturated carbocycles. The summed E-state index contributed by atoms with van der Waals surface area (Å²) in [6.45, 7) is 0. The first-order valence-electron chi connectivity index (χ1n) is 9.47. The van der Waals surface area contributed by atoms with E-state index in [-0.39, 0.29) is 18.2 Å². The topological polar surface area (TPSA) is 78.5 Å². The standard InChI is InChI=1S/C23H17BrClN3O3/c24-15-7-11-17(12-8-15)26-21(29)13-20-22(30)27-18-3-1-2-4-19(18)28(20)23(31)14-5-9-16(25)10-6-14/h1-12,20H,13H2,(H,26,29)(H,27,30)/t20-/m0/s1. The van der Waals surface area contributed by atoms with Crippen LogP contribution in [0.1, 0.15) is 16.8 Å². The van der Waals surface area contributed by atoms with E-state index in [1.165, 1.54) is 4.90 Å². The molecule has 156 valence electrons. The summed E-state index contributed by atoms with van der Waals surface area (Å²) in [6.07, 6.45) is -0.199. The molecule has 31 heavy (non-hydrogen) atoms. The minimum absolute atomic E-state index is 0.199. The summed E-state index contributed by atoms with van der Waals surface area (Å²) in [7, 11) is 0. The lowest BCUT2D eigenvalue weighted by Gasteiger charge is -2.36. The maximum atomic E-state index is 13.4. The Hall–Kier alpha value is -3.16. The molecule has 0 bridgehead atoms. The first kappa shape index (κ1) is 21.1. The maximum absolute atomic E-state index is 13.4. The zero-order chi connectivity index (χ0) is 22.0. The molecule has 6 nitrogen and oxygen atoms in total. The Morgan fingerprint density at radius 2 is 1.68 bits per heavy atom. The Kier molecular flexibility index (Phi) is 6.06. The third-order valence-electron chi connectivity index (χ3n) is 4.85. The minimum Gasteiger partial charge on any atom is -0.326 e. The zero-order valence-electron chi connectivity index (χ0n) is 16.1. The van der Waals surface area contributed by atoms with Gasteiger partial charge in [0.2, 0.25) is 11.8 Å². The van der Waals surface area contributed by atoms with Gasteiger partial charge in [-0.2, -0.15) is 0 Å². The number of rotatable bonds is 4. The van der Waals surface area contributed by atoms with Gasteiger partial charge in [-0.15, -0.1) is 0 Å². The molecular weight excluding hydrogens is 482 g/mol. The molecule has 8 heteroatoms. The van der Waals surface area contributed by atoms with Crippen molar-refractivity contribution < 1.29 is 14.4 Å². The van der Waals surface area contributed by atoms with E-state index >= 15 is 0 Å². The molecule has 0 fully saturated rings. The summed E-state index contributed by atoms with van der Waals surface area (Å²) in [5, 5.41) is 6.06. The van der Waals surface area contributed by atoms with Gasteiger partial charge in [0.15, 0.2) is 0 Å². The number of para-hydroxylation sites is 2. The Labute approximate surface area is 192 Å². The van der Waals surface area contributed by atoms with Crippen LogP contribution in [0, 0.1) is 0 Å². The summed E-state index contributed by atoms with van der Waals surface area (Å²) in [5.74, 6) is -1.19. The van der Waals surface area contributed by atoms with Crippen molar-refractivity contribution in [2.75, 3.05) is 15.5 Å². The van der Waals surface area contributed by atoms with Crippen molar-refractivity contribution in [3.05, 3.63) is 87.9 Å². The molecule has 1 heterocycles. The van der Waals surface area contributed by atoms with Gasteiger partial charge < -0.3 is 10.6 Å². The molecule has 0 unspecified atom stereocenters. The predicted octanol–water partition coefficient (Wildman–Crippen LogP) is 5.10. The highest BCUT2D eigenvalue weighted by Gasteiger charge is 2.38. The average Bonchev–Trinajstić information content (AvgIpc) is 2.76.